The second-order valence-electron chi connectivity index (χ2n) is 3.02. The van der Waals surface area contributed by atoms with Gasteiger partial charge in [-0.2, -0.15) is 5.10 Å². The van der Waals surface area contributed by atoms with E-state index < -0.39 is 6.03 Å². The van der Waals surface area contributed by atoms with E-state index in [0.717, 1.165) is 11.0 Å². The number of nitrogens with two attached hydrogens (primary N) is 1. The average molecular weight is 215 g/mol. The Kier molecular flexibility index (Phi) is 2.73. The third-order valence-corrected chi connectivity index (χ3v) is 1.84. The summed E-state index contributed by atoms with van der Waals surface area (Å²) < 4.78 is 0. The summed E-state index contributed by atoms with van der Waals surface area (Å²) >= 11 is 0. The minimum absolute atomic E-state index is 0.549. The molecule has 0 saturated carbocycles. The van der Waals surface area contributed by atoms with Gasteiger partial charge in [0.25, 0.3) is 0 Å². The number of para-hydroxylation sites is 2. The fraction of sp³-hybridized carbons (Fsp3) is 0. The number of carbonyl (C=O) groups is 1. The van der Waals surface area contributed by atoms with Gasteiger partial charge in [-0.3, -0.25) is 4.98 Å². The molecular weight excluding hydrogens is 206 g/mol. The van der Waals surface area contributed by atoms with Crippen molar-refractivity contribution in [2.24, 2.45) is 10.8 Å². The smallest absolute Gasteiger partial charge is 0.332 e. The van der Waals surface area contributed by atoms with Crippen LogP contribution in [-0.4, -0.2) is 22.2 Å². The second kappa shape index (κ2) is 4.35. The van der Waals surface area contributed by atoms with Gasteiger partial charge in [0, 0.05) is 0 Å². The molecule has 2 amide bonds. The number of benzene rings is 1. The Morgan fingerprint density at radius 1 is 1.38 bits per heavy atom. The summed E-state index contributed by atoms with van der Waals surface area (Å²) in [6.45, 7) is 0. The summed E-state index contributed by atoms with van der Waals surface area (Å²) in [5.41, 5.74) is 9.06. The largest absolute Gasteiger partial charge is 0.350 e. The number of nitrogens with zero attached hydrogens (tertiary/aromatic N) is 3. The van der Waals surface area contributed by atoms with Gasteiger partial charge in [-0.05, 0) is 12.1 Å². The third-order valence-electron chi connectivity index (χ3n) is 1.84. The van der Waals surface area contributed by atoms with Crippen molar-refractivity contribution in [2.45, 2.75) is 0 Å². The lowest BCUT2D eigenvalue weighted by atomic mass is 10.3. The first-order valence-electron chi connectivity index (χ1n) is 4.56. The number of hydrogen-bond donors (Lipinski definition) is 2. The van der Waals surface area contributed by atoms with Crippen molar-refractivity contribution in [2.75, 3.05) is 0 Å². The lowest BCUT2D eigenvalue weighted by Crippen LogP contribution is -2.24. The second-order valence-corrected chi connectivity index (χ2v) is 3.02. The Bertz CT molecular complexity index is 552. The topological polar surface area (TPSA) is 93.3 Å². The molecule has 2 aromatic rings. The fourth-order valence-corrected chi connectivity index (χ4v) is 1.20. The van der Waals surface area contributed by atoms with Crippen molar-refractivity contribution in [3.05, 3.63) is 36.2 Å². The summed E-state index contributed by atoms with van der Waals surface area (Å²) in [6.07, 6.45) is 2.94. The molecule has 1 heterocycles. The van der Waals surface area contributed by atoms with Gasteiger partial charge in [-0.25, -0.2) is 15.2 Å². The zero-order valence-electron chi connectivity index (χ0n) is 8.29. The predicted octanol–water partition coefficient (Wildman–Crippen LogP) is 0.632. The van der Waals surface area contributed by atoms with Crippen molar-refractivity contribution >= 4 is 23.3 Å². The highest BCUT2D eigenvalue weighted by molar-refractivity contribution is 5.83. The zero-order valence-corrected chi connectivity index (χ0v) is 8.29. The molecule has 0 unspecified atom stereocenters. The summed E-state index contributed by atoms with van der Waals surface area (Å²) in [4.78, 5) is 18.8. The molecule has 0 bridgehead atoms. The maximum Gasteiger partial charge on any atom is 0.332 e. The zero-order chi connectivity index (χ0) is 11.4. The number of carbonyl (C=O) groups excluding carboxylic acids is 1. The molecule has 2 rings (SSSR count). The Balaban J connectivity index is 2.26. The molecule has 6 heteroatoms. The van der Waals surface area contributed by atoms with Crippen LogP contribution in [0.15, 0.2) is 35.6 Å². The first kappa shape index (κ1) is 10.0. The van der Waals surface area contributed by atoms with Crippen molar-refractivity contribution in [3.8, 4) is 0 Å². The molecular formula is C10H9N5O. The third kappa shape index (κ3) is 2.30. The molecule has 0 aliphatic rings. The number of fused-ring (bicyclic) bond motifs is 1. The van der Waals surface area contributed by atoms with E-state index in [9.17, 15) is 4.79 Å². The highest BCUT2D eigenvalue weighted by atomic mass is 16.2. The van der Waals surface area contributed by atoms with Crippen LogP contribution < -0.4 is 11.2 Å². The monoisotopic (exact) mass is 215 g/mol. The van der Waals surface area contributed by atoms with Crippen LogP contribution in [0.3, 0.4) is 0 Å². The van der Waals surface area contributed by atoms with E-state index in [2.05, 4.69) is 20.5 Å². The molecule has 0 spiro atoms. The Hall–Kier alpha value is -2.50. The van der Waals surface area contributed by atoms with E-state index in [1.165, 1.54) is 6.21 Å². The Morgan fingerprint density at radius 2 is 2.12 bits per heavy atom. The molecule has 1 aromatic carbocycles. The first-order chi connectivity index (χ1) is 7.75. The molecule has 3 N–H and O–H groups in total. The van der Waals surface area contributed by atoms with E-state index in [0.29, 0.717) is 5.69 Å². The summed E-state index contributed by atoms with van der Waals surface area (Å²) in [5.74, 6) is 0. The van der Waals surface area contributed by atoms with Gasteiger partial charge < -0.3 is 5.73 Å². The van der Waals surface area contributed by atoms with Crippen LogP contribution in [0.1, 0.15) is 5.69 Å². The van der Waals surface area contributed by atoms with Gasteiger partial charge in [-0.1, -0.05) is 12.1 Å². The van der Waals surface area contributed by atoms with E-state index in [4.69, 9.17) is 5.73 Å². The van der Waals surface area contributed by atoms with Crippen LogP contribution in [0.5, 0.6) is 0 Å². The van der Waals surface area contributed by atoms with Crippen molar-refractivity contribution in [1.29, 1.82) is 0 Å². The number of hydrazone groups is 1. The summed E-state index contributed by atoms with van der Waals surface area (Å²) in [5, 5.41) is 3.60. The minimum Gasteiger partial charge on any atom is -0.350 e. The summed E-state index contributed by atoms with van der Waals surface area (Å²) in [6, 6.07) is 6.76. The highest BCUT2D eigenvalue weighted by Crippen LogP contribution is 2.07. The SMILES string of the molecule is NC(=O)N/N=C\c1cnc2ccccc2n1. The maximum absolute atomic E-state index is 10.4. The van der Waals surface area contributed by atoms with Gasteiger partial charge in [0.2, 0.25) is 0 Å². The van der Waals surface area contributed by atoms with Crippen molar-refractivity contribution in [1.82, 2.24) is 15.4 Å². The number of rotatable bonds is 2. The van der Waals surface area contributed by atoms with Gasteiger partial charge in [0.15, 0.2) is 0 Å². The number of urea groups is 1. The molecule has 0 radical (unpaired) electrons. The van der Waals surface area contributed by atoms with E-state index in [1.54, 1.807) is 6.20 Å². The quantitative estimate of drug-likeness (QED) is 0.568. The lowest BCUT2D eigenvalue weighted by Gasteiger charge is -1.96. The first-order valence-corrected chi connectivity index (χ1v) is 4.56. The van der Waals surface area contributed by atoms with E-state index in [-0.39, 0.29) is 0 Å². The van der Waals surface area contributed by atoms with Crippen LogP contribution in [0.4, 0.5) is 4.79 Å². The molecule has 80 valence electrons. The van der Waals surface area contributed by atoms with Gasteiger partial charge in [0.1, 0.15) is 5.69 Å². The number of nitrogens with one attached hydrogen (secondary N) is 1. The summed E-state index contributed by atoms with van der Waals surface area (Å²) in [7, 11) is 0. The van der Waals surface area contributed by atoms with Gasteiger partial charge >= 0.3 is 6.03 Å². The normalized spacial score (nSPS) is 10.8. The van der Waals surface area contributed by atoms with Crippen molar-refractivity contribution in [3.63, 3.8) is 0 Å². The highest BCUT2D eigenvalue weighted by Gasteiger charge is 1.96. The molecule has 6 nitrogen and oxygen atoms in total. The van der Waals surface area contributed by atoms with Crippen LogP contribution in [0.2, 0.25) is 0 Å². The number of primary amides is 1. The molecule has 1 aromatic heterocycles. The van der Waals surface area contributed by atoms with Crippen LogP contribution in [0.25, 0.3) is 11.0 Å². The molecule has 16 heavy (non-hydrogen) atoms. The molecule has 0 fully saturated rings. The average Bonchev–Trinajstić information content (AvgIpc) is 2.28. The number of aromatic nitrogens is 2. The fourth-order valence-electron chi connectivity index (χ4n) is 1.20. The van der Waals surface area contributed by atoms with E-state index in [1.807, 2.05) is 24.3 Å². The van der Waals surface area contributed by atoms with Gasteiger partial charge in [0.05, 0.1) is 23.4 Å². The van der Waals surface area contributed by atoms with Gasteiger partial charge in [-0.15, -0.1) is 0 Å². The lowest BCUT2D eigenvalue weighted by molar-refractivity contribution is 0.249. The number of amides is 2. The van der Waals surface area contributed by atoms with Crippen LogP contribution >= 0.6 is 0 Å². The molecule has 0 aliphatic carbocycles. The van der Waals surface area contributed by atoms with E-state index >= 15 is 0 Å². The van der Waals surface area contributed by atoms with Crippen molar-refractivity contribution < 1.29 is 4.79 Å². The standard InChI is InChI=1S/C10H9N5O/c11-10(16)15-13-6-7-5-12-8-3-1-2-4-9(8)14-7/h1-6H,(H3,11,15,16)/b13-6-. The Labute approximate surface area is 91.2 Å². The van der Waals surface area contributed by atoms with Crippen LogP contribution in [-0.2, 0) is 0 Å². The predicted molar refractivity (Wildman–Crippen MR) is 59.9 cm³/mol. The molecule has 0 saturated heterocycles. The Morgan fingerprint density at radius 3 is 2.88 bits per heavy atom. The molecule has 0 atom stereocenters. The maximum atomic E-state index is 10.4. The molecule has 0 aliphatic heterocycles. The minimum atomic E-state index is -0.718. The van der Waals surface area contributed by atoms with Crippen LogP contribution in [0, 0.1) is 0 Å². The number of hydrogen-bond acceptors (Lipinski definition) is 4.